The Labute approximate surface area is 147 Å². The molecule has 126 valence electrons. The van der Waals surface area contributed by atoms with Crippen LogP contribution in [-0.2, 0) is 4.43 Å². The van der Waals surface area contributed by atoms with Crippen molar-refractivity contribution in [3.05, 3.63) is 73.3 Å². The third-order valence-electron chi connectivity index (χ3n) is 5.22. The van der Waals surface area contributed by atoms with E-state index in [4.69, 9.17) is 4.43 Å². The number of hydrogen-bond donors (Lipinski definition) is 0. The van der Waals surface area contributed by atoms with Gasteiger partial charge in [0.2, 0.25) is 0 Å². The van der Waals surface area contributed by atoms with Crippen LogP contribution in [0.4, 0.5) is 0 Å². The summed E-state index contributed by atoms with van der Waals surface area (Å²) < 4.78 is 7.03. The molecular weight excluding hydrogens is 308 g/mol. The van der Waals surface area contributed by atoms with Crippen LogP contribution in [0.5, 0.6) is 0 Å². The summed E-state index contributed by atoms with van der Waals surface area (Å²) >= 11 is 0. The van der Waals surface area contributed by atoms with Gasteiger partial charge in [-0.15, -0.1) is 6.58 Å². The van der Waals surface area contributed by atoms with E-state index in [1.807, 2.05) is 0 Å². The summed E-state index contributed by atoms with van der Waals surface area (Å²) in [5.41, 5.74) is 0. The fraction of sp³-hybridized carbons (Fsp3) is 0.364. The zero-order valence-corrected chi connectivity index (χ0v) is 16.0. The van der Waals surface area contributed by atoms with Crippen LogP contribution in [-0.4, -0.2) is 14.4 Å². The third-order valence-corrected chi connectivity index (χ3v) is 10.3. The van der Waals surface area contributed by atoms with Crippen molar-refractivity contribution in [2.24, 2.45) is 5.92 Å². The van der Waals surface area contributed by atoms with Gasteiger partial charge in [0.15, 0.2) is 0 Å². The van der Waals surface area contributed by atoms with E-state index < -0.39 is 8.32 Å². The number of allylic oxidation sites excluding steroid dienone is 1. The highest BCUT2D eigenvalue weighted by Crippen LogP contribution is 2.41. The third kappa shape index (κ3) is 3.01. The maximum absolute atomic E-state index is 7.03. The largest absolute Gasteiger partial charge is 0.404 e. The molecule has 2 aromatic carbocycles. The highest BCUT2D eigenvalue weighted by molar-refractivity contribution is 6.99. The summed E-state index contributed by atoms with van der Waals surface area (Å²) in [5.74, 6) is 0.619. The van der Waals surface area contributed by atoms with Gasteiger partial charge in [-0.1, -0.05) is 87.5 Å². The van der Waals surface area contributed by atoms with Crippen molar-refractivity contribution in [1.82, 2.24) is 0 Å². The molecule has 0 bridgehead atoms. The van der Waals surface area contributed by atoms with E-state index in [9.17, 15) is 0 Å². The van der Waals surface area contributed by atoms with Gasteiger partial charge >= 0.3 is 0 Å². The van der Waals surface area contributed by atoms with Crippen LogP contribution >= 0.6 is 0 Å². The quantitative estimate of drug-likeness (QED) is 0.576. The molecule has 0 aliphatic heterocycles. The predicted molar refractivity (Wildman–Crippen MR) is 105 cm³/mol. The Hall–Kier alpha value is -1.64. The van der Waals surface area contributed by atoms with Gasteiger partial charge in [0.1, 0.15) is 0 Å². The molecule has 2 aromatic rings. The second-order valence-corrected chi connectivity index (χ2v) is 12.1. The van der Waals surface area contributed by atoms with Gasteiger partial charge in [-0.05, 0) is 34.2 Å². The van der Waals surface area contributed by atoms with Crippen molar-refractivity contribution in [1.29, 1.82) is 0 Å². The summed E-state index contributed by atoms with van der Waals surface area (Å²) in [4.78, 5) is 0. The lowest BCUT2D eigenvalue weighted by atomic mass is 9.83. The lowest BCUT2D eigenvalue weighted by Gasteiger charge is -2.48. The first kappa shape index (κ1) is 17.2. The fourth-order valence-corrected chi connectivity index (χ4v) is 8.54. The van der Waals surface area contributed by atoms with Gasteiger partial charge in [-0.25, -0.2) is 0 Å². The molecule has 1 aliphatic rings. The SMILES string of the molecule is C=CC1CC(O[Si](c2ccccc2)(c2ccccc2)C(C)(C)C)C1. The molecule has 0 saturated heterocycles. The Morgan fingerprint density at radius 1 is 0.917 bits per heavy atom. The maximum atomic E-state index is 7.03. The standard InChI is InChI=1S/C22H28OSi/c1-5-18-16-19(17-18)23-24(22(2,3)4,20-12-8-6-9-13-20)21-14-10-7-11-15-21/h5-15,18-19H,1,16-17H2,2-4H3. The molecule has 1 nitrogen and oxygen atoms in total. The lowest BCUT2D eigenvalue weighted by molar-refractivity contribution is 0.0768. The molecule has 0 radical (unpaired) electrons. The van der Waals surface area contributed by atoms with Crippen LogP contribution in [0.1, 0.15) is 33.6 Å². The monoisotopic (exact) mass is 336 g/mol. The number of benzene rings is 2. The Balaban J connectivity index is 2.09. The highest BCUT2D eigenvalue weighted by Gasteiger charge is 2.52. The van der Waals surface area contributed by atoms with Gasteiger partial charge in [-0.2, -0.15) is 0 Å². The van der Waals surface area contributed by atoms with Crippen LogP contribution < -0.4 is 10.4 Å². The molecular formula is C22H28OSi. The van der Waals surface area contributed by atoms with E-state index in [0.717, 1.165) is 12.8 Å². The van der Waals surface area contributed by atoms with E-state index in [1.165, 1.54) is 10.4 Å². The van der Waals surface area contributed by atoms with Crippen LogP contribution in [0.2, 0.25) is 5.04 Å². The van der Waals surface area contributed by atoms with Crippen molar-refractivity contribution >= 4 is 18.7 Å². The van der Waals surface area contributed by atoms with Crippen molar-refractivity contribution in [2.45, 2.75) is 44.8 Å². The molecule has 0 spiro atoms. The molecule has 0 aromatic heterocycles. The minimum atomic E-state index is -2.36. The molecule has 0 atom stereocenters. The first-order valence-corrected chi connectivity index (χ1v) is 10.8. The van der Waals surface area contributed by atoms with Gasteiger partial charge in [-0.3, -0.25) is 0 Å². The van der Waals surface area contributed by atoms with Crippen LogP contribution in [0, 0.1) is 5.92 Å². The summed E-state index contributed by atoms with van der Waals surface area (Å²) in [5, 5.41) is 2.80. The smallest absolute Gasteiger partial charge is 0.261 e. The van der Waals surface area contributed by atoms with Crippen molar-refractivity contribution in [2.75, 3.05) is 0 Å². The summed E-state index contributed by atoms with van der Waals surface area (Å²) in [6.45, 7) is 10.9. The Morgan fingerprint density at radius 3 is 1.75 bits per heavy atom. The second-order valence-electron chi connectivity index (χ2n) is 7.87. The van der Waals surface area contributed by atoms with E-state index in [0.29, 0.717) is 12.0 Å². The summed E-state index contributed by atoms with van der Waals surface area (Å²) in [7, 11) is -2.36. The molecule has 0 unspecified atom stereocenters. The molecule has 1 aliphatic carbocycles. The van der Waals surface area contributed by atoms with Crippen LogP contribution in [0.15, 0.2) is 73.3 Å². The molecule has 3 rings (SSSR count). The Bertz CT molecular complexity index is 627. The van der Waals surface area contributed by atoms with Gasteiger partial charge in [0.25, 0.3) is 8.32 Å². The number of rotatable bonds is 5. The molecule has 1 fully saturated rings. The number of hydrogen-bond acceptors (Lipinski definition) is 1. The predicted octanol–water partition coefficient (Wildman–Crippen LogP) is 4.53. The van der Waals surface area contributed by atoms with E-state index in [2.05, 4.69) is 94.1 Å². The molecule has 0 heterocycles. The zero-order chi connectivity index (χ0) is 17.2. The van der Waals surface area contributed by atoms with Crippen LogP contribution in [0.3, 0.4) is 0 Å². The van der Waals surface area contributed by atoms with Crippen LogP contribution in [0.25, 0.3) is 0 Å². The first-order chi connectivity index (χ1) is 11.5. The van der Waals surface area contributed by atoms with Gasteiger partial charge in [0.05, 0.1) is 0 Å². The summed E-state index contributed by atoms with van der Waals surface area (Å²) in [6, 6.07) is 21.8. The maximum Gasteiger partial charge on any atom is 0.261 e. The van der Waals surface area contributed by atoms with Crippen molar-refractivity contribution in [3.63, 3.8) is 0 Å². The van der Waals surface area contributed by atoms with Gasteiger partial charge < -0.3 is 4.43 Å². The van der Waals surface area contributed by atoms with Crippen molar-refractivity contribution in [3.8, 4) is 0 Å². The first-order valence-electron chi connectivity index (χ1n) is 8.89. The lowest BCUT2D eigenvalue weighted by Crippen LogP contribution is -2.68. The molecule has 2 heteroatoms. The van der Waals surface area contributed by atoms with E-state index >= 15 is 0 Å². The minimum Gasteiger partial charge on any atom is -0.404 e. The summed E-state index contributed by atoms with van der Waals surface area (Å²) in [6.07, 6.45) is 4.63. The van der Waals surface area contributed by atoms with Gasteiger partial charge in [0, 0.05) is 6.10 Å². The molecule has 24 heavy (non-hydrogen) atoms. The average molecular weight is 337 g/mol. The zero-order valence-electron chi connectivity index (χ0n) is 15.0. The molecule has 0 amide bonds. The second kappa shape index (κ2) is 6.70. The van der Waals surface area contributed by atoms with E-state index in [-0.39, 0.29) is 5.04 Å². The Kier molecular flexibility index (Phi) is 4.80. The highest BCUT2D eigenvalue weighted by atomic mass is 28.4. The topological polar surface area (TPSA) is 9.23 Å². The average Bonchev–Trinajstić information content (AvgIpc) is 2.54. The van der Waals surface area contributed by atoms with E-state index in [1.54, 1.807) is 0 Å². The molecule has 1 saturated carbocycles. The molecule has 0 N–H and O–H groups in total. The Morgan fingerprint density at radius 2 is 1.38 bits per heavy atom. The minimum absolute atomic E-state index is 0.0645. The van der Waals surface area contributed by atoms with Crippen molar-refractivity contribution < 1.29 is 4.43 Å². The normalized spacial score (nSPS) is 21.1. The fourth-order valence-electron chi connectivity index (χ4n) is 3.84.